The van der Waals surface area contributed by atoms with Crippen LogP contribution in [0.1, 0.15) is 46.0 Å². The first-order valence-electron chi connectivity index (χ1n) is 7.36. The number of aliphatic carboxylic acids is 1. The van der Waals surface area contributed by atoms with Crippen LogP contribution in [0.2, 0.25) is 0 Å². The average Bonchev–Trinajstić information content (AvgIpc) is 3.11. The minimum atomic E-state index is -0.871. The highest BCUT2D eigenvalue weighted by Gasteiger charge is 2.43. The standard InChI is InChI=1S/C14H24N2O3/c1-3-4-8-15(11-5-6-11)14(19)16-9-7-10(2)12(16)13(17)18/h10-12H,3-9H2,1-2H3,(H,17,18). The van der Waals surface area contributed by atoms with Crippen LogP contribution in [0, 0.1) is 5.92 Å². The summed E-state index contributed by atoms with van der Waals surface area (Å²) < 4.78 is 0. The third-order valence-electron chi connectivity index (χ3n) is 4.18. The molecule has 2 amide bonds. The molecule has 0 radical (unpaired) electrons. The normalized spacial score (nSPS) is 26.5. The molecule has 0 bridgehead atoms. The molecule has 1 saturated heterocycles. The predicted octanol–water partition coefficient (Wildman–Crippen LogP) is 2.17. The zero-order valence-corrected chi connectivity index (χ0v) is 11.8. The van der Waals surface area contributed by atoms with Crippen LogP contribution in [0.4, 0.5) is 4.79 Å². The minimum absolute atomic E-state index is 0.0497. The number of hydrogen-bond donors (Lipinski definition) is 1. The van der Waals surface area contributed by atoms with Crippen molar-refractivity contribution in [3.05, 3.63) is 0 Å². The monoisotopic (exact) mass is 268 g/mol. The van der Waals surface area contributed by atoms with E-state index in [1.54, 1.807) is 4.90 Å². The Morgan fingerprint density at radius 2 is 2.00 bits per heavy atom. The molecule has 1 N–H and O–H groups in total. The quantitative estimate of drug-likeness (QED) is 0.831. The lowest BCUT2D eigenvalue weighted by Crippen LogP contribution is -2.50. The Hall–Kier alpha value is -1.26. The van der Waals surface area contributed by atoms with Crippen LogP contribution >= 0.6 is 0 Å². The lowest BCUT2D eigenvalue weighted by Gasteiger charge is -2.31. The summed E-state index contributed by atoms with van der Waals surface area (Å²) in [7, 11) is 0. The fourth-order valence-electron chi connectivity index (χ4n) is 2.85. The summed E-state index contributed by atoms with van der Waals surface area (Å²) in [4.78, 5) is 27.4. The van der Waals surface area contributed by atoms with E-state index in [1.807, 2.05) is 11.8 Å². The smallest absolute Gasteiger partial charge is 0.326 e. The number of urea groups is 1. The van der Waals surface area contributed by atoms with E-state index in [0.717, 1.165) is 38.6 Å². The van der Waals surface area contributed by atoms with Gasteiger partial charge >= 0.3 is 12.0 Å². The number of carboxylic acids is 1. The van der Waals surface area contributed by atoms with Gasteiger partial charge in [-0.05, 0) is 31.6 Å². The zero-order chi connectivity index (χ0) is 14.0. The second-order valence-corrected chi connectivity index (χ2v) is 5.80. The van der Waals surface area contributed by atoms with E-state index in [9.17, 15) is 14.7 Å². The molecule has 0 aromatic rings. The topological polar surface area (TPSA) is 60.9 Å². The third kappa shape index (κ3) is 3.01. The highest BCUT2D eigenvalue weighted by molar-refractivity contribution is 5.84. The third-order valence-corrected chi connectivity index (χ3v) is 4.18. The number of likely N-dealkylation sites (tertiary alicyclic amines) is 1. The van der Waals surface area contributed by atoms with Gasteiger partial charge in [-0.25, -0.2) is 9.59 Å². The van der Waals surface area contributed by atoms with Gasteiger partial charge < -0.3 is 14.9 Å². The first kappa shape index (κ1) is 14.2. The van der Waals surface area contributed by atoms with Crippen molar-refractivity contribution in [1.29, 1.82) is 0 Å². The van der Waals surface area contributed by atoms with Crippen molar-refractivity contribution in [2.24, 2.45) is 5.92 Å². The first-order valence-corrected chi connectivity index (χ1v) is 7.36. The number of amides is 2. The summed E-state index contributed by atoms with van der Waals surface area (Å²) in [5, 5.41) is 9.30. The maximum absolute atomic E-state index is 12.6. The number of carbonyl (C=O) groups excluding carboxylic acids is 1. The molecule has 5 nitrogen and oxygen atoms in total. The van der Waals surface area contributed by atoms with Crippen LogP contribution in [0.5, 0.6) is 0 Å². The van der Waals surface area contributed by atoms with Gasteiger partial charge in [0.15, 0.2) is 0 Å². The molecule has 19 heavy (non-hydrogen) atoms. The van der Waals surface area contributed by atoms with Gasteiger partial charge in [0.05, 0.1) is 0 Å². The van der Waals surface area contributed by atoms with Gasteiger partial charge in [-0.1, -0.05) is 20.3 Å². The van der Waals surface area contributed by atoms with Gasteiger partial charge in [-0.3, -0.25) is 0 Å². The van der Waals surface area contributed by atoms with Crippen LogP contribution in [0.15, 0.2) is 0 Å². The molecule has 2 atom stereocenters. The molecule has 2 aliphatic rings. The molecule has 1 aliphatic heterocycles. The van der Waals surface area contributed by atoms with E-state index in [0.29, 0.717) is 12.6 Å². The fourth-order valence-corrected chi connectivity index (χ4v) is 2.85. The highest BCUT2D eigenvalue weighted by Crippen LogP contribution is 2.31. The van der Waals surface area contributed by atoms with Gasteiger partial charge in [0.1, 0.15) is 6.04 Å². The first-order chi connectivity index (χ1) is 9.06. The van der Waals surface area contributed by atoms with E-state index >= 15 is 0 Å². The van der Waals surface area contributed by atoms with Crippen LogP contribution in [0.3, 0.4) is 0 Å². The molecule has 108 valence electrons. The zero-order valence-electron chi connectivity index (χ0n) is 11.8. The van der Waals surface area contributed by atoms with Crippen LogP contribution < -0.4 is 0 Å². The molecular weight excluding hydrogens is 244 g/mol. The Bertz CT molecular complexity index is 355. The molecular formula is C14H24N2O3. The Morgan fingerprint density at radius 1 is 1.32 bits per heavy atom. The maximum Gasteiger partial charge on any atom is 0.326 e. The van der Waals surface area contributed by atoms with Gasteiger partial charge in [-0.15, -0.1) is 0 Å². The molecule has 5 heteroatoms. The molecule has 0 spiro atoms. The summed E-state index contributed by atoms with van der Waals surface area (Å²) in [6.07, 6.45) is 4.96. The van der Waals surface area contributed by atoms with Crippen LogP contribution in [-0.2, 0) is 4.79 Å². The lowest BCUT2D eigenvalue weighted by atomic mass is 10.0. The second-order valence-electron chi connectivity index (χ2n) is 5.80. The van der Waals surface area contributed by atoms with Crippen molar-refractivity contribution in [1.82, 2.24) is 9.80 Å². The van der Waals surface area contributed by atoms with Crippen molar-refractivity contribution in [2.75, 3.05) is 13.1 Å². The SMILES string of the molecule is CCCCN(C(=O)N1CCC(C)C1C(=O)O)C1CC1. The van der Waals surface area contributed by atoms with Gasteiger partial charge in [0, 0.05) is 19.1 Å². The van der Waals surface area contributed by atoms with Crippen molar-refractivity contribution in [2.45, 2.75) is 58.0 Å². The Morgan fingerprint density at radius 3 is 2.53 bits per heavy atom. The Labute approximate surface area is 114 Å². The summed E-state index contributed by atoms with van der Waals surface area (Å²) in [6, 6.07) is -0.354. The minimum Gasteiger partial charge on any atom is -0.480 e. The van der Waals surface area contributed by atoms with Gasteiger partial charge in [0.2, 0.25) is 0 Å². The summed E-state index contributed by atoms with van der Waals surface area (Å²) in [5.41, 5.74) is 0. The number of carboxylic acid groups (broad SMARTS) is 1. The number of unbranched alkanes of at least 4 members (excludes halogenated alkanes) is 1. The maximum atomic E-state index is 12.6. The van der Waals surface area contributed by atoms with Gasteiger partial charge in [-0.2, -0.15) is 0 Å². The van der Waals surface area contributed by atoms with E-state index < -0.39 is 12.0 Å². The summed E-state index contributed by atoms with van der Waals surface area (Å²) in [5.74, 6) is -0.821. The second kappa shape index (κ2) is 5.80. The fraction of sp³-hybridized carbons (Fsp3) is 0.857. The van der Waals surface area contributed by atoms with Crippen LogP contribution in [-0.4, -0.2) is 52.1 Å². The molecule has 2 unspecified atom stereocenters. The molecule has 2 rings (SSSR count). The molecule has 2 fully saturated rings. The van der Waals surface area contributed by atoms with E-state index in [2.05, 4.69) is 6.92 Å². The molecule has 1 heterocycles. The Balaban J connectivity index is 2.05. The predicted molar refractivity (Wildman–Crippen MR) is 71.9 cm³/mol. The summed E-state index contributed by atoms with van der Waals surface area (Å²) >= 11 is 0. The number of nitrogens with zero attached hydrogens (tertiary/aromatic N) is 2. The van der Waals surface area contributed by atoms with E-state index in [1.165, 1.54) is 0 Å². The molecule has 1 saturated carbocycles. The van der Waals surface area contributed by atoms with Crippen molar-refractivity contribution in [3.8, 4) is 0 Å². The van der Waals surface area contributed by atoms with E-state index in [-0.39, 0.29) is 11.9 Å². The molecule has 1 aliphatic carbocycles. The number of carbonyl (C=O) groups is 2. The average molecular weight is 268 g/mol. The Kier molecular flexibility index (Phi) is 4.32. The van der Waals surface area contributed by atoms with Crippen LogP contribution in [0.25, 0.3) is 0 Å². The van der Waals surface area contributed by atoms with Crippen molar-refractivity contribution >= 4 is 12.0 Å². The van der Waals surface area contributed by atoms with Crippen molar-refractivity contribution in [3.63, 3.8) is 0 Å². The largest absolute Gasteiger partial charge is 0.480 e. The number of rotatable bonds is 5. The molecule has 0 aromatic heterocycles. The molecule has 0 aromatic carbocycles. The van der Waals surface area contributed by atoms with Gasteiger partial charge in [0.25, 0.3) is 0 Å². The lowest BCUT2D eigenvalue weighted by molar-refractivity contribution is -0.142. The summed E-state index contributed by atoms with van der Waals surface area (Å²) in [6.45, 7) is 5.36. The number of hydrogen-bond acceptors (Lipinski definition) is 2. The van der Waals surface area contributed by atoms with E-state index in [4.69, 9.17) is 0 Å². The highest BCUT2D eigenvalue weighted by atomic mass is 16.4. The van der Waals surface area contributed by atoms with Crippen molar-refractivity contribution < 1.29 is 14.7 Å².